The first-order valence-corrected chi connectivity index (χ1v) is 9.06. The smallest absolute Gasteiger partial charge is 0.261 e. The number of nitrogens with zero attached hydrogens (tertiary/aromatic N) is 3. The molecule has 7 heteroatoms. The Labute approximate surface area is 162 Å². The lowest BCUT2D eigenvalue weighted by molar-refractivity contribution is -0.141. The zero-order valence-corrected chi connectivity index (χ0v) is 16.1. The zero-order valence-electron chi connectivity index (χ0n) is 15.3. The number of carbonyl (C=O) groups excluding carboxylic acids is 2. The maximum Gasteiger partial charge on any atom is 0.261 e. The van der Waals surface area contributed by atoms with Crippen LogP contribution < -0.4 is 9.96 Å². The van der Waals surface area contributed by atoms with E-state index in [2.05, 4.69) is 0 Å². The van der Waals surface area contributed by atoms with E-state index in [1.807, 2.05) is 55.4 Å². The Balaban J connectivity index is 1.77. The number of fused-ring (bicyclic) bond motifs is 1. The Morgan fingerprint density at radius 3 is 2.19 bits per heavy atom. The molecule has 27 heavy (non-hydrogen) atoms. The second-order valence-corrected chi connectivity index (χ2v) is 7.46. The van der Waals surface area contributed by atoms with Crippen molar-refractivity contribution in [1.29, 1.82) is 0 Å². The third kappa shape index (κ3) is 2.85. The number of amides is 2. The average Bonchev–Trinajstić information content (AvgIpc) is 3.15. The van der Waals surface area contributed by atoms with E-state index >= 15 is 0 Å². The van der Waals surface area contributed by atoms with Crippen LogP contribution in [0.5, 0.6) is 0 Å². The molecule has 2 heterocycles. The van der Waals surface area contributed by atoms with Gasteiger partial charge in [-0.05, 0) is 42.0 Å². The predicted octanol–water partition coefficient (Wildman–Crippen LogP) is 2.88. The highest BCUT2D eigenvalue weighted by molar-refractivity contribution is 6.30. The van der Waals surface area contributed by atoms with Crippen LogP contribution in [0.4, 0.5) is 11.4 Å². The molecule has 0 saturated carbocycles. The van der Waals surface area contributed by atoms with Gasteiger partial charge in [0.25, 0.3) is 5.91 Å². The molecule has 0 spiro atoms. The van der Waals surface area contributed by atoms with Gasteiger partial charge in [-0.25, -0.2) is 5.06 Å². The summed E-state index contributed by atoms with van der Waals surface area (Å²) in [6.45, 7) is 0. The van der Waals surface area contributed by atoms with E-state index in [-0.39, 0.29) is 11.8 Å². The molecule has 140 valence electrons. The van der Waals surface area contributed by atoms with Gasteiger partial charge in [0, 0.05) is 31.9 Å². The maximum atomic E-state index is 12.8. The molecule has 3 unspecified atom stereocenters. The van der Waals surface area contributed by atoms with Crippen molar-refractivity contribution in [3.8, 4) is 0 Å². The minimum absolute atomic E-state index is 0.219. The molecule has 2 aromatic rings. The number of imide groups is 1. The summed E-state index contributed by atoms with van der Waals surface area (Å²) in [6, 6.07) is 14.7. The molecule has 2 aliphatic rings. The Bertz CT molecular complexity index is 882. The number of hydroxylamine groups is 1. The normalized spacial score (nSPS) is 24.5. The number of likely N-dealkylation sites (tertiary alicyclic amines) is 1. The fourth-order valence-electron chi connectivity index (χ4n) is 3.67. The molecular formula is C20H20ClN3O3. The minimum atomic E-state index is -0.809. The molecule has 2 fully saturated rings. The number of likely N-dealkylation sites (N-methyl/N-ethyl adjacent to an activating group) is 1. The first-order valence-electron chi connectivity index (χ1n) is 8.69. The van der Waals surface area contributed by atoms with Crippen LogP contribution in [-0.2, 0) is 14.4 Å². The second-order valence-electron chi connectivity index (χ2n) is 7.02. The summed E-state index contributed by atoms with van der Waals surface area (Å²) in [5, 5.41) is 2.27. The maximum absolute atomic E-state index is 12.8. The van der Waals surface area contributed by atoms with Crippen LogP contribution in [0.15, 0.2) is 48.5 Å². The van der Waals surface area contributed by atoms with E-state index in [4.69, 9.17) is 16.4 Å². The van der Waals surface area contributed by atoms with Gasteiger partial charge in [-0.1, -0.05) is 23.7 Å². The number of halogens is 1. The first-order chi connectivity index (χ1) is 12.9. The van der Waals surface area contributed by atoms with Gasteiger partial charge in [0.05, 0.1) is 11.7 Å². The highest BCUT2D eigenvalue weighted by Crippen LogP contribution is 2.46. The summed E-state index contributed by atoms with van der Waals surface area (Å²) in [5.74, 6) is -1.11. The molecule has 2 amide bonds. The summed E-state index contributed by atoms with van der Waals surface area (Å²) in [7, 11) is 5.45. The lowest BCUT2D eigenvalue weighted by Crippen LogP contribution is -2.34. The van der Waals surface area contributed by atoms with E-state index in [9.17, 15) is 9.59 Å². The van der Waals surface area contributed by atoms with Gasteiger partial charge in [0.15, 0.2) is 6.10 Å². The van der Waals surface area contributed by atoms with Crippen molar-refractivity contribution in [2.24, 2.45) is 5.92 Å². The molecule has 0 aliphatic carbocycles. The Morgan fingerprint density at radius 2 is 1.59 bits per heavy atom. The van der Waals surface area contributed by atoms with Crippen LogP contribution in [0.1, 0.15) is 11.6 Å². The topological polar surface area (TPSA) is 53.1 Å². The fourth-order valence-corrected chi connectivity index (χ4v) is 3.80. The van der Waals surface area contributed by atoms with Gasteiger partial charge in [0.2, 0.25) is 5.91 Å². The third-order valence-corrected chi connectivity index (χ3v) is 5.42. The molecule has 2 aromatic carbocycles. The van der Waals surface area contributed by atoms with E-state index < -0.39 is 18.1 Å². The Morgan fingerprint density at radius 1 is 0.963 bits per heavy atom. The number of benzene rings is 2. The van der Waals surface area contributed by atoms with Crippen LogP contribution >= 0.6 is 11.6 Å². The molecule has 0 aromatic heterocycles. The summed E-state index contributed by atoms with van der Waals surface area (Å²) >= 11 is 6.00. The average molecular weight is 386 g/mol. The quantitative estimate of drug-likeness (QED) is 0.760. The highest BCUT2D eigenvalue weighted by Gasteiger charge is 2.58. The fraction of sp³-hybridized carbons (Fsp3) is 0.300. The largest absolute Gasteiger partial charge is 0.378 e. The molecule has 4 rings (SSSR count). The second kappa shape index (κ2) is 6.55. The predicted molar refractivity (Wildman–Crippen MR) is 104 cm³/mol. The summed E-state index contributed by atoms with van der Waals surface area (Å²) in [4.78, 5) is 34.4. The number of rotatable bonds is 3. The number of carbonyl (C=O) groups is 2. The van der Waals surface area contributed by atoms with E-state index in [0.29, 0.717) is 5.02 Å². The SMILES string of the molecule is CN1C(=O)C2ON(c3ccc(Cl)cc3)C(c3ccc(N(C)C)cc3)C2C1=O. The number of hydrogen-bond donors (Lipinski definition) is 0. The highest BCUT2D eigenvalue weighted by atomic mass is 35.5. The molecule has 2 aliphatic heterocycles. The monoisotopic (exact) mass is 385 g/mol. The van der Waals surface area contributed by atoms with Crippen molar-refractivity contribution < 1.29 is 14.4 Å². The number of hydrogen-bond acceptors (Lipinski definition) is 5. The van der Waals surface area contributed by atoms with Crippen LogP contribution in [0.25, 0.3) is 0 Å². The van der Waals surface area contributed by atoms with Crippen molar-refractivity contribution >= 4 is 34.8 Å². The molecule has 0 bridgehead atoms. The van der Waals surface area contributed by atoms with Gasteiger partial charge in [-0.2, -0.15) is 0 Å². The van der Waals surface area contributed by atoms with E-state index in [0.717, 1.165) is 21.8 Å². The lowest BCUT2D eigenvalue weighted by atomic mass is 9.90. The van der Waals surface area contributed by atoms with Crippen molar-refractivity contribution in [2.45, 2.75) is 12.1 Å². The third-order valence-electron chi connectivity index (χ3n) is 5.17. The minimum Gasteiger partial charge on any atom is -0.378 e. The Hall–Kier alpha value is -2.57. The first kappa shape index (κ1) is 17.8. The van der Waals surface area contributed by atoms with Gasteiger partial charge in [0.1, 0.15) is 5.92 Å². The zero-order chi connectivity index (χ0) is 19.3. The van der Waals surface area contributed by atoms with Crippen molar-refractivity contribution in [1.82, 2.24) is 4.90 Å². The molecular weight excluding hydrogens is 366 g/mol. The van der Waals surface area contributed by atoms with Crippen LogP contribution in [-0.4, -0.2) is 44.0 Å². The van der Waals surface area contributed by atoms with Gasteiger partial charge in [-0.15, -0.1) is 0 Å². The van der Waals surface area contributed by atoms with Crippen molar-refractivity contribution in [2.75, 3.05) is 31.1 Å². The number of anilines is 2. The van der Waals surface area contributed by atoms with E-state index in [1.54, 1.807) is 17.2 Å². The van der Waals surface area contributed by atoms with Crippen LogP contribution in [0.3, 0.4) is 0 Å². The Kier molecular flexibility index (Phi) is 4.32. The molecule has 0 N–H and O–H groups in total. The lowest BCUT2D eigenvalue weighted by Gasteiger charge is -2.28. The van der Waals surface area contributed by atoms with Gasteiger partial charge in [-0.3, -0.25) is 19.3 Å². The van der Waals surface area contributed by atoms with Gasteiger partial charge >= 0.3 is 0 Å². The van der Waals surface area contributed by atoms with E-state index in [1.165, 1.54) is 7.05 Å². The van der Waals surface area contributed by atoms with Crippen molar-refractivity contribution in [3.05, 3.63) is 59.1 Å². The molecule has 0 radical (unpaired) electrons. The summed E-state index contributed by atoms with van der Waals surface area (Å²) < 4.78 is 0. The molecule has 3 atom stereocenters. The van der Waals surface area contributed by atoms with Crippen molar-refractivity contribution in [3.63, 3.8) is 0 Å². The standard InChI is InChI=1S/C20H20ClN3O3/c1-22(2)14-8-4-12(5-9-14)17-16-18(20(26)23(3)19(16)25)27-24(17)15-10-6-13(21)7-11-15/h4-11,16-18H,1-3H3. The molecule has 2 saturated heterocycles. The van der Waals surface area contributed by atoms with Crippen LogP contribution in [0, 0.1) is 5.92 Å². The molecule has 6 nitrogen and oxygen atoms in total. The summed E-state index contributed by atoms with van der Waals surface area (Å²) in [6.07, 6.45) is -0.809. The van der Waals surface area contributed by atoms with Crippen LogP contribution in [0.2, 0.25) is 5.02 Å². The van der Waals surface area contributed by atoms with Gasteiger partial charge < -0.3 is 4.90 Å². The summed E-state index contributed by atoms with van der Waals surface area (Å²) in [5.41, 5.74) is 2.72.